The number of aromatic nitrogens is 3. The van der Waals surface area contributed by atoms with Crippen LogP contribution < -0.4 is 10.1 Å². The molecule has 1 aliphatic heterocycles. The van der Waals surface area contributed by atoms with E-state index in [1.807, 2.05) is 6.92 Å². The highest BCUT2D eigenvalue weighted by atomic mass is 35.5. The molecule has 7 heteroatoms. The van der Waals surface area contributed by atoms with Gasteiger partial charge in [0.05, 0.1) is 6.61 Å². The quantitative estimate of drug-likeness (QED) is 0.890. The molecular formula is C12H20ClN5O. The van der Waals surface area contributed by atoms with Crippen molar-refractivity contribution in [1.29, 1.82) is 0 Å². The first-order valence-corrected chi connectivity index (χ1v) is 7.04. The van der Waals surface area contributed by atoms with Gasteiger partial charge in [0.25, 0.3) is 0 Å². The minimum atomic E-state index is 0.160. The molecule has 1 aliphatic rings. The molecule has 0 bridgehead atoms. The van der Waals surface area contributed by atoms with Crippen LogP contribution in [0.4, 0.5) is 5.95 Å². The standard InChI is InChI=1S/C12H20ClN5O/c1-3-7-19-12-16-10(13)15-11(17-12)14-9-5-4-6-18(2)8-9/h9H,3-8H2,1-2H3,(H,14,15,16,17). The minimum absolute atomic E-state index is 0.160. The summed E-state index contributed by atoms with van der Waals surface area (Å²) < 4.78 is 5.39. The Hall–Kier alpha value is -1.14. The van der Waals surface area contributed by atoms with Crippen LogP contribution in [0, 0.1) is 0 Å². The highest BCUT2D eigenvalue weighted by Gasteiger charge is 2.18. The third-order valence-electron chi connectivity index (χ3n) is 2.98. The van der Waals surface area contributed by atoms with Gasteiger partial charge >= 0.3 is 6.01 Å². The van der Waals surface area contributed by atoms with Crippen LogP contribution >= 0.6 is 11.6 Å². The summed E-state index contributed by atoms with van der Waals surface area (Å²) in [5, 5.41) is 3.46. The summed E-state index contributed by atoms with van der Waals surface area (Å²) in [5.74, 6) is 0.492. The molecule has 2 rings (SSSR count). The first kappa shape index (κ1) is 14.3. The summed E-state index contributed by atoms with van der Waals surface area (Å²) in [4.78, 5) is 14.6. The molecule has 0 aliphatic carbocycles. The molecule has 0 spiro atoms. The summed E-state index contributed by atoms with van der Waals surface area (Å²) in [6.07, 6.45) is 3.18. The van der Waals surface area contributed by atoms with E-state index in [1.54, 1.807) is 0 Å². The summed E-state index contributed by atoms with van der Waals surface area (Å²) in [5.41, 5.74) is 0. The SMILES string of the molecule is CCCOc1nc(Cl)nc(NC2CCCN(C)C2)n1. The monoisotopic (exact) mass is 285 g/mol. The van der Waals surface area contributed by atoms with Gasteiger partial charge in [-0.25, -0.2) is 0 Å². The molecule has 1 unspecified atom stereocenters. The molecule has 106 valence electrons. The maximum atomic E-state index is 5.88. The van der Waals surface area contributed by atoms with Crippen molar-refractivity contribution in [3.8, 4) is 6.01 Å². The molecular weight excluding hydrogens is 266 g/mol. The maximum absolute atomic E-state index is 5.88. The van der Waals surface area contributed by atoms with Gasteiger partial charge in [-0.05, 0) is 44.5 Å². The third kappa shape index (κ3) is 4.47. The fourth-order valence-corrected chi connectivity index (χ4v) is 2.27. The maximum Gasteiger partial charge on any atom is 0.322 e. The number of nitrogens with one attached hydrogen (secondary N) is 1. The van der Waals surface area contributed by atoms with Gasteiger partial charge in [0.15, 0.2) is 0 Å². The predicted octanol–water partition coefficient (Wildman–Crippen LogP) is 1.82. The van der Waals surface area contributed by atoms with Gasteiger partial charge < -0.3 is 15.0 Å². The Labute approximate surface area is 118 Å². The average molecular weight is 286 g/mol. The summed E-state index contributed by atoms with van der Waals surface area (Å²) >= 11 is 5.88. The van der Waals surface area contributed by atoms with Crippen molar-refractivity contribution in [1.82, 2.24) is 19.9 Å². The molecule has 1 atom stereocenters. The number of anilines is 1. The second-order valence-corrected chi connectivity index (χ2v) is 5.14. The molecule has 6 nitrogen and oxygen atoms in total. The van der Waals surface area contributed by atoms with E-state index in [4.69, 9.17) is 16.3 Å². The molecule has 0 saturated carbocycles. The number of nitrogens with zero attached hydrogens (tertiary/aromatic N) is 4. The van der Waals surface area contributed by atoms with Gasteiger partial charge in [0.1, 0.15) is 0 Å². The van der Waals surface area contributed by atoms with Crippen LogP contribution in [0.2, 0.25) is 5.28 Å². The Bertz CT molecular complexity index is 417. The van der Waals surface area contributed by atoms with Gasteiger partial charge in [0.2, 0.25) is 11.2 Å². The summed E-state index contributed by atoms with van der Waals surface area (Å²) in [6.45, 7) is 4.72. The molecule has 1 aromatic heterocycles. The number of piperidine rings is 1. The number of hydrogen-bond donors (Lipinski definition) is 1. The molecule has 2 heterocycles. The van der Waals surface area contributed by atoms with E-state index in [1.165, 1.54) is 6.42 Å². The van der Waals surface area contributed by atoms with Crippen molar-refractivity contribution < 1.29 is 4.74 Å². The Morgan fingerprint density at radius 1 is 1.42 bits per heavy atom. The van der Waals surface area contributed by atoms with E-state index in [0.717, 1.165) is 25.9 Å². The molecule has 0 aromatic carbocycles. The van der Waals surface area contributed by atoms with Crippen LogP contribution in [-0.4, -0.2) is 52.6 Å². The van der Waals surface area contributed by atoms with Crippen molar-refractivity contribution in [2.45, 2.75) is 32.2 Å². The topological polar surface area (TPSA) is 63.2 Å². The van der Waals surface area contributed by atoms with Gasteiger partial charge in [0, 0.05) is 12.6 Å². The van der Waals surface area contributed by atoms with Crippen molar-refractivity contribution in [2.24, 2.45) is 0 Å². The lowest BCUT2D eigenvalue weighted by Gasteiger charge is -2.30. The Morgan fingerprint density at radius 3 is 3.00 bits per heavy atom. The fourth-order valence-electron chi connectivity index (χ4n) is 2.12. The Balaban J connectivity index is 2.00. The van der Waals surface area contributed by atoms with Crippen LogP contribution in [0.3, 0.4) is 0 Å². The second kappa shape index (κ2) is 6.86. The van der Waals surface area contributed by atoms with Crippen LogP contribution in [0.15, 0.2) is 0 Å². The van der Waals surface area contributed by atoms with Gasteiger partial charge in [-0.3, -0.25) is 0 Å². The van der Waals surface area contributed by atoms with Gasteiger partial charge in [-0.2, -0.15) is 15.0 Å². The van der Waals surface area contributed by atoms with Crippen LogP contribution in [-0.2, 0) is 0 Å². The largest absolute Gasteiger partial charge is 0.463 e. The third-order valence-corrected chi connectivity index (χ3v) is 3.15. The zero-order valence-electron chi connectivity index (χ0n) is 11.4. The number of likely N-dealkylation sites (N-methyl/N-ethyl adjacent to an activating group) is 1. The van der Waals surface area contributed by atoms with Gasteiger partial charge in [-0.1, -0.05) is 6.92 Å². The second-order valence-electron chi connectivity index (χ2n) is 4.80. The number of rotatable bonds is 5. The fraction of sp³-hybridized carbons (Fsp3) is 0.750. The van der Waals surface area contributed by atoms with E-state index >= 15 is 0 Å². The average Bonchev–Trinajstić information content (AvgIpc) is 2.35. The van der Waals surface area contributed by atoms with E-state index in [9.17, 15) is 0 Å². The van der Waals surface area contributed by atoms with Crippen LogP contribution in [0.1, 0.15) is 26.2 Å². The first-order valence-electron chi connectivity index (χ1n) is 6.67. The zero-order chi connectivity index (χ0) is 13.7. The highest BCUT2D eigenvalue weighted by molar-refractivity contribution is 6.28. The van der Waals surface area contributed by atoms with Crippen molar-refractivity contribution in [2.75, 3.05) is 32.1 Å². The molecule has 1 fully saturated rings. The van der Waals surface area contributed by atoms with E-state index in [2.05, 4.69) is 32.2 Å². The normalized spacial score (nSPS) is 20.3. The Morgan fingerprint density at radius 2 is 2.26 bits per heavy atom. The van der Waals surface area contributed by atoms with Crippen molar-refractivity contribution in [3.05, 3.63) is 5.28 Å². The number of likely N-dealkylation sites (tertiary alicyclic amines) is 1. The van der Waals surface area contributed by atoms with Crippen LogP contribution in [0.5, 0.6) is 6.01 Å². The van der Waals surface area contributed by atoms with Crippen molar-refractivity contribution >= 4 is 17.5 Å². The van der Waals surface area contributed by atoms with E-state index in [0.29, 0.717) is 18.6 Å². The first-order chi connectivity index (χ1) is 9.17. The number of ether oxygens (including phenoxy) is 1. The molecule has 1 aromatic rings. The highest BCUT2D eigenvalue weighted by Crippen LogP contribution is 2.16. The lowest BCUT2D eigenvalue weighted by Crippen LogP contribution is -2.40. The summed E-state index contributed by atoms with van der Waals surface area (Å²) in [6, 6.07) is 0.629. The number of halogens is 1. The molecule has 19 heavy (non-hydrogen) atoms. The zero-order valence-corrected chi connectivity index (χ0v) is 12.2. The van der Waals surface area contributed by atoms with E-state index in [-0.39, 0.29) is 11.3 Å². The Kier molecular flexibility index (Phi) is 5.15. The van der Waals surface area contributed by atoms with Gasteiger partial charge in [-0.15, -0.1) is 0 Å². The smallest absolute Gasteiger partial charge is 0.322 e. The lowest BCUT2D eigenvalue weighted by atomic mass is 10.1. The molecule has 1 N–H and O–H groups in total. The number of hydrogen-bond acceptors (Lipinski definition) is 6. The van der Waals surface area contributed by atoms with Crippen LogP contribution in [0.25, 0.3) is 0 Å². The minimum Gasteiger partial charge on any atom is -0.463 e. The summed E-state index contributed by atoms with van der Waals surface area (Å²) in [7, 11) is 2.12. The van der Waals surface area contributed by atoms with Crippen molar-refractivity contribution in [3.63, 3.8) is 0 Å². The lowest BCUT2D eigenvalue weighted by molar-refractivity contribution is 0.260. The van der Waals surface area contributed by atoms with E-state index < -0.39 is 0 Å². The predicted molar refractivity (Wildman–Crippen MR) is 74.8 cm³/mol. The molecule has 0 amide bonds. The molecule has 1 saturated heterocycles. The molecule has 0 radical (unpaired) electrons.